The fraction of sp³-hybridized carbons (Fsp3) is 0.333. The van der Waals surface area contributed by atoms with Crippen molar-refractivity contribution in [1.82, 2.24) is 5.32 Å². The van der Waals surface area contributed by atoms with E-state index in [2.05, 4.69) is 21.2 Å². The summed E-state index contributed by atoms with van der Waals surface area (Å²) in [5.74, 6) is -1.36. The van der Waals surface area contributed by atoms with Gasteiger partial charge in [0.2, 0.25) is 0 Å². The lowest BCUT2D eigenvalue weighted by molar-refractivity contribution is -0.139. The molecule has 0 spiro atoms. The molecule has 0 bridgehead atoms. The molecule has 1 atom stereocenters. The molecule has 0 radical (unpaired) electrons. The number of amides is 1. The fourth-order valence-corrected chi connectivity index (χ4v) is 2.40. The van der Waals surface area contributed by atoms with Gasteiger partial charge in [0, 0.05) is 8.04 Å². The van der Waals surface area contributed by atoms with Gasteiger partial charge in [-0.2, -0.15) is 0 Å². The second-order valence-corrected chi connectivity index (χ2v) is 5.85. The minimum Gasteiger partial charge on any atom is -0.480 e. The molecule has 4 nitrogen and oxygen atoms in total. The summed E-state index contributed by atoms with van der Waals surface area (Å²) in [6.07, 6.45) is 1.12. The van der Waals surface area contributed by atoms with Crippen molar-refractivity contribution >= 4 is 50.4 Å². The van der Waals surface area contributed by atoms with Crippen LogP contribution in [-0.2, 0) is 4.79 Å². The molecular weight excluding hydrogens is 413 g/mol. The van der Waals surface area contributed by atoms with Crippen molar-refractivity contribution in [1.29, 1.82) is 0 Å². The third-order valence-electron chi connectivity index (χ3n) is 2.35. The summed E-state index contributed by atoms with van der Waals surface area (Å²) in [5, 5.41) is 11.5. The molecule has 1 amide bonds. The Bertz CT molecular complexity index is 465. The topological polar surface area (TPSA) is 66.4 Å². The maximum Gasteiger partial charge on any atom is 0.326 e. The number of benzene rings is 1. The Kier molecular flexibility index (Phi) is 6.07. The first-order valence-corrected chi connectivity index (χ1v) is 7.31. The lowest BCUT2D eigenvalue weighted by Gasteiger charge is -2.14. The van der Waals surface area contributed by atoms with Crippen LogP contribution < -0.4 is 5.32 Å². The molecule has 2 N–H and O–H groups in total. The van der Waals surface area contributed by atoms with E-state index in [9.17, 15) is 9.59 Å². The van der Waals surface area contributed by atoms with Crippen molar-refractivity contribution in [2.45, 2.75) is 25.8 Å². The Labute approximate surface area is 127 Å². The number of halogens is 2. The van der Waals surface area contributed by atoms with Crippen LogP contribution in [0.2, 0.25) is 0 Å². The first-order chi connectivity index (χ1) is 8.45. The van der Waals surface area contributed by atoms with Gasteiger partial charge in [0.15, 0.2) is 0 Å². The fourth-order valence-electron chi connectivity index (χ4n) is 1.45. The van der Waals surface area contributed by atoms with Crippen LogP contribution in [-0.4, -0.2) is 23.0 Å². The summed E-state index contributed by atoms with van der Waals surface area (Å²) in [4.78, 5) is 23.0. The number of nitrogens with one attached hydrogen (secondary N) is 1. The lowest BCUT2D eigenvalue weighted by atomic mass is 10.1. The first-order valence-electron chi connectivity index (χ1n) is 5.44. The van der Waals surface area contributed by atoms with Gasteiger partial charge in [0.25, 0.3) is 5.91 Å². The van der Waals surface area contributed by atoms with Gasteiger partial charge < -0.3 is 10.4 Å². The smallest absolute Gasteiger partial charge is 0.326 e. The molecule has 0 aliphatic heterocycles. The maximum atomic E-state index is 12.0. The van der Waals surface area contributed by atoms with Crippen LogP contribution in [0.15, 0.2) is 22.7 Å². The highest BCUT2D eigenvalue weighted by Gasteiger charge is 2.20. The molecule has 0 aliphatic carbocycles. The van der Waals surface area contributed by atoms with E-state index >= 15 is 0 Å². The largest absolute Gasteiger partial charge is 0.480 e. The number of aliphatic carboxylic acids is 1. The predicted molar refractivity (Wildman–Crippen MR) is 80.7 cm³/mol. The first kappa shape index (κ1) is 15.4. The third kappa shape index (κ3) is 4.24. The van der Waals surface area contributed by atoms with Crippen LogP contribution in [0.25, 0.3) is 0 Å². The van der Waals surface area contributed by atoms with Gasteiger partial charge in [0.05, 0.1) is 5.56 Å². The van der Waals surface area contributed by atoms with E-state index in [-0.39, 0.29) is 5.91 Å². The van der Waals surface area contributed by atoms with Gasteiger partial charge in [-0.15, -0.1) is 0 Å². The zero-order valence-electron chi connectivity index (χ0n) is 9.74. The van der Waals surface area contributed by atoms with Crippen LogP contribution in [0, 0.1) is 3.57 Å². The Balaban J connectivity index is 2.86. The van der Waals surface area contributed by atoms with E-state index < -0.39 is 12.0 Å². The van der Waals surface area contributed by atoms with Crippen molar-refractivity contribution in [3.05, 3.63) is 31.8 Å². The molecule has 0 aliphatic rings. The van der Waals surface area contributed by atoms with Gasteiger partial charge in [-0.3, -0.25) is 4.79 Å². The minimum atomic E-state index is -1.00. The molecule has 1 aromatic carbocycles. The van der Waals surface area contributed by atoms with Crippen LogP contribution >= 0.6 is 38.5 Å². The molecule has 0 aromatic heterocycles. The number of carboxylic acid groups (broad SMARTS) is 1. The van der Waals surface area contributed by atoms with Gasteiger partial charge in [0.1, 0.15) is 6.04 Å². The van der Waals surface area contributed by atoms with Gasteiger partial charge in [-0.1, -0.05) is 29.3 Å². The van der Waals surface area contributed by atoms with Crippen LogP contribution in [0.3, 0.4) is 0 Å². The number of rotatable bonds is 5. The zero-order valence-corrected chi connectivity index (χ0v) is 13.5. The molecule has 1 aromatic rings. The highest BCUT2D eigenvalue weighted by molar-refractivity contribution is 14.1. The average molecular weight is 426 g/mol. The van der Waals surface area contributed by atoms with E-state index in [0.29, 0.717) is 18.4 Å². The number of hydrogen-bond donors (Lipinski definition) is 2. The third-order valence-corrected chi connectivity index (χ3v) is 3.79. The van der Waals surface area contributed by atoms with Crippen molar-refractivity contribution in [3.8, 4) is 0 Å². The van der Waals surface area contributed by atoms with Crippen molar-refractivity contribution in [3.63, 3.8) is 0 Å². The Morgan fingerprint density at radius 2 is 2.17 bits per heavy atom. The van der Waals surface area contributed by atoms with E-state index in [1.54, 1.807) is 12.1 Å². The molecule has 0 saturated heterocycles. The van der Waals surface area contributed by atoms with E-state index in [4.69, 9.17) is 5.11 Å². The zero-order chi connectivity index (χ0) is 13.7. The maximum absolute atomic E-state index is 12.0. The van der Waals surface area contributed by atoms with Crippen LogP contribution in [0.4, 0.5) is 0 Å². The second-order valence-electron chi connectivity index (χ2n) is 3.78. The Hall–Kier alpha value is -0.630. The van der Waals surface area contributed by atoms with Gasteiger partial charge in [-0.25, -0.2) is 4.79 Å². The molecule has 98 valence electrons. The monoisotopic (exact) mass is 425 g/mol. The van der Waals surface area contributed by atoms with E-state index in [1.807, 2.05) is 35.6 Å². The van der Waals surface area contributed by atoms with Crippen molar-refractivity contribution < 1.29 is 14.7 Å². The van der Waals surface area contributed by atoms with Gasteiger partial charge in [-0.05, 0) is 47.2 Å². The Morgan fingerprint density at radius 1 is 1.50 bits per heavy atom. The van der Waals surface area contributed by atoms with E-state index in [1.165, 1.54) is 0 Å². The Morgan fingerprint density at radius 3 is 2.72 bits per heavy atom. The summed E-state index contributed by atoms with van der Waals surface area (Å²) in [6, 6.07) is 4.48. The molecule has 1 rings (SSSR count). The predicted octanol–water partition coefficient (Wildman–Crippen LogP) is 3.04. The molecule has 0 saturated carbocycles. The average Bonchev–Trinajstić information content (AvgIpc) is 2.31. The number of hydrogen-bond acceptors (Lipinski definition) is 2. The summed E-state index contributed by atoms with van der Waals surface area (Å²) in [7, 11) is 0. The summed E-state index contributed by atoms with van der Waals surface area (Å²) < 4.78 is 1.57. The number of carbonyl (C=O) groups is 2. The molecule has 6 heteroatoms. The summed E-state index contributed by atoms with van der Waals surface area (Å²) in [6.45, 7) is 1.88. The highest BCUT2D eigenvalue weighted by atomic mass is 127. The quantitative estimate of drug-likeness (QED) is 0.712. The van der Waals surface area contributed by atoms with Crippen LogP contribution in [0.5, 0.6) is 0 Å². The molecular formula is C12H13BrINO3. The molecule has 0 unspecified atom stereocenters. The number of carbonyl (C=O) groups excluding carboxylic acids is 1. The molecule has 0 fully saturated rings. The SMILES string of the molecule is CCC[C@@H](NC(=O)c1cc(Br)ccc1I)C(=O)O. The van der Waals surface area contributed by atoms with Crippen LogP contribution in [0.1, 0.15) is 30.1 Å². The van der Waals surface area contributed by atoms with Crippen molar-refractivity contribution in [2.75, 3.05) is 0 Å². The van der Waals surface area contributed by atoms with E-state index in [0.717, 1.165) is 8.04 Å². The van der Waals surface area contributed by atoms with Gasteiger partial charge >= 0.3 is 5.97 Å². The summed E-state index contributed by atoms with van der Waals surface area (Å²) in [5.41, 5.74) is 0.479. The normalized spacial score (nSPS) is 11.9. The molecule has 18 heavy (non-hydrogen) atoms. The highest BCUT2D eigenvalue weighted by Crippen LogP contribution is 2.18. The number of carboxylic acids is 1. The lowest BCUT2D eigenvalue weighted by Crippen LogP contribution is -2.40. The second kappa shape index (κ2) is 7.08. The summed E-state index contributed by atoms with van der Waals surface area (Å²) >= 11 is 5.34. The molecule has 0 heterocycles. The standard InChI is InChI=1S/C12H13BrINO3/c1-2-3-10(12(17)18)15-11(16)8-6-7(13)4-5-9(8)14/h4-6,10H,2-3H2,1H3,(H,15,16)(H,17,18)/t10-/m1/s1. The van der Waals surface area contributed by atoms with Crippen molar-refractivity contribution in [2.24, 2.45) is 0 Å². The minimum absolute atomic E-state index is 0.360.